The van der Waals surface area contributed by atoms with Gasteiger partial charge in [0.2, 0.25) is 0 Å². The minimum absolute atomic E-state index is 0.0438. The van der Waals surface area contributed by atoms with Crippen molar-refractivity contribution in [1.82, 2.24) is 15.1 Å². The van der Waals surface area contributed by atoms with E-state index in [0.29, 0.717) is 13.1 Å². The van der Waals surface area contributed by atoms with Gasteiger partial charge >= 0.3 is 0 Å². The molecule has 0 fully saturated rings. The van der Waals surface area contributed by atoms with Crippen LogP contribution in [0, 0.1) is 12.7 Å². The summed E-state index contributed by atoms with van der Waals surface area (Å²) in [5.41, 5.74) is 0.474. The highest BCUT2D eigenvalue weighted by molar-refractivity contribution is 7.92. The van der Waals surface area contributed by atoms with Gasteiger partial charge in [0.25, 0.3) is 10.0 Å². The maximum Gasteiger partial charge on any atom is 0.265 e. The van der Waals surface area contributed by atoms with Crippen molar-refractivity contribution in [3.63, 3.8) is 0 Å². The molecule has 1 heterocycles. The third kappa shape index (κ3) is 3.59. The van der Waals surface area contributed by atoms with E-state index in [1.165, 1.54) is 42.2 Å². The van der Waals surface area contributed by atoms with Crippen LogP contribution in [0.3, 0.4) is 0 Å². The summed E-state index contributed by atoms with van der Waals surface area (Å²) in [5.74, 6) is -0.458. The lowest BCUT2D eigenvalue weighted by Gasteiger charge is -2.09. The number of anilines is 1. The van der Waals surface area contributed by atoms with Crippen molar-refractivity contribution < 1.29 is 12.8 Å². The van der Waals surface area contributed by atoms with E-state index in [1.54, 1.807) is 7.05 Å². The normalized spacial score (nSPS) is 11.6. The van der Waals surface area contributed by atoms with Crippen LogP contribution < -0.4 is 10.0 Å². The van der Waals surface area contributed by atoms with Crippen molar-refractivity contribution in [3.8, 4) is 0 Å². The number of likely N-dealkylation sites (N-methyl/N-ethyl adjacent to an activating group) is 1. The number of hydrogen-bond acceptors (Lipinski definition) is 4. The van der Waals surface area contributed by atoms with Crippen LogP contribution in [0.15, 0.2) is 35.5 Å². The average Bonchev–Trinajstić information content (AvgIpc) is 2.91. The van der Waals surface area contributed by atoms with Crippen molar-refractivity contribution in [2.75, 3.05) is 18.3 Å². The molecule has 2 rings (SSSR count). The molecule has 2 aromatic rings. The first-order valence-electron chi connectivity index (χ1n) is 6.39. The van der Waals surface area contributed by atoms with Gasteiger partial charge in [0.1, 0.15) is 10.7 Å². The van der Waals surface area contributed by atoms with Gasteiger partial charge in [-0.15, -0.1) is 0 Å². The Morgan fingerprint density at radius 1 is 1.38 bits per heavy atom. The van der Waals surface area contributed by atoms with Crippen molar-refractivity contribution in [3.05, 3.63) is 42.0 Å². The molecule has 0 bridgehead atoms. The molecule has 8 heteroatoms. The number of benzene rings is 1. The summed E-state index contributed by atoms with van der Waals surface area (Å²) < 4.78 is 41.8. The van der Waals surface area contributed by atoms with E-state index < -0.39 is 15.8 Å². The largest absolute Gasteiger partial charge is 0.318 e. The molecule has 0 saturated carbocycles. The Morgan fingerprint density at radius 2 is 2.14 bits per heavy atom. The van der Waals surface area contributed by atoms with E-state index in [2.05, 4.69) is 15.1 Å². The van der Waals surface area contributed by atoms with E-state index in [4.69, 9.17) is 0 Å². The lowest BCUT2D eigenvalue weighted by molar-refractivity contribution is 0.582. The monoisotopic (exact) mass is 312 g/mol. The Balaban J connectivity index is 2.22. The zero-order valence-corrected chi connectivity index (χ0v) is 12.6. The molecular weight excluding hydrogens is 295 g/mol. The fourth-order valence-electron chi connectivity index (χ4n) is 1.75. The lowest BCUT2D eigenvalue weighted by Crippen LogP contribution is -2.15. The standard InChI is InChI=1S/C13H17FN4O2S/c1-10-12(14)4-3-5-13(10)17-21(19,20)11-8-16-18(9-11)7-6-15-2/h3-5,8-9,15,17H,6-7H2,1-2H3. The first-order chi connectivity index (χ1) is 9.94. The Hall–Kier alpha value is -1.93. The number of nitrogens with zero attached hydrogens (tertiary/aromatic N) is 2. The third-order valence-corrected chi connectivity index (χ3v) is 4.34. The first-order valence-corrected chi connectivity index (χ1v) is 7.87. The summed E-state index contributed by atoms with van der Waals surface area (Å²) in [5, 5.41) is 6.94. The van der Waals surface area contributed by atoms with Crippen LogP contribution in [0.4, 0.5) is 10.1 Å². The highest BCUT2D eigenvalue weighted by Crippen LogP contribution is 2.21. The Morgan fingerprint density at radius 3 is 2.86 bits per heavy atom. The predicted octanol–water partition coefficient (Wildman–Crippen LogP) is 1.35. The Kier molecular flexibility index (Phi) is 4.59. The molecule has 0 atom stereocenters. The number of aromatic nitrogens is 2. The topological polar surface area (TPSA) is 76.0 Å². The van der Waals surface area contributed by atoms with Crippen molar-refractivity contribution in [1.29, 1.82) is 0 Å². The lowest BCUT2D eigenvalue weighted by atomic mass is 10.2. The fourth-order valence-corrected chi connectivity index (χ4v) is 2.83. The van der Waals surface area contributed by atoms with Crippen LogP contribution in [-0.2, 0) is 16.6 Å². The molecule has 0 aliphatic carbocycles. The quantitative estimate of drug-likeness (QED) is 0.844. The molecule has 1 aromatic heterocycles. The van der Waals surface area contributed by atoms with Gasteiger partial charge in [0.05, 0.1) is 18.4 Å². The molecule has 0 spiro atoms. The summed E-state index contributed by atoms with van der Waals surface area (Å²) in [4.78, 5) is 0.0438. The van der Waals surface area contributed by atoms with E-state index in [-0.39, 0.29) is 16.1 Å². The minimum Gasteiger partial charge on any atom is -0.318 e. The molecule has 2 N–H and O–H groups in total. The van der Waals surface area contributed by atoms with Gasteiger partial charge in [-0.25, -0.2) is 12.8 Å². The van der Waals surface area contributed by atoms with Crippen molar-refractivity contribution in [2.45, 2.75) is 18.4 Å². The van der Waals surface area contributed by atoms with Gasteiger partial charge in [-0.2, -0.15) is 5.10 Å². The van der Waals surface area contributed by atoms with Crippen LogP contribution in [0.5, 0.6) is 0 Å². The van der Waals surface area contributed by atoms with Gasteiger partial charge in [0.15, 0.2) is 0 Å². The molecule has 114 valence electrons. The molecule has 0 radical (unpaired) electrons. The van der Waals surface area contributed by atoms with Gasteiger partial charge < -0.3 is 5.32 Å². The summed E-state index contributed by atoms with van der Waals surface area (Å²) >= 11 is 0. The van der Waals surface area contributed by atoms with Gasteiger partial charge in [-0.05, 0) is 26.1 Å². The molecular formula is C13H17FN4O2S. The minimum atomic E-state index is -3.78. The molecule has 0 amide bonds. The first kappa shape index (κ1) is 15.5. The number of hydrogen-bond donors (Lipinski definition) is 2. The zero-order chi connectivity index (χ0) is 15.5. The Bertz CT molecular complexity index is 728. The molecule has 0 aliphatic rings. The number of sulfonamides is 1. The van der Waals surface area contributed by atoms with E-state index in [9.17, 15) is 12.8 Å². The maximum absolute atomic E-state index is 13.4. The zero-order valence-electron chi connectivity index (χ0n) is 11.8. The van der Waals surface area contributed by atoms with Crippen LogP contribution in [0.1, 0.15) is 5.56 Å². The number of nitrogens with one attached hydrogen (secondary N) is 2. The number of rotatable bonds is 6. The molecule has 6 nitrogen and oxygen atoms in total. The molecule has 0 aliphatic heterocycles. The van der Waals surface area contributed by atoms with Crippen molar-refractivity contribution >= 4 is 15.7 Å². The molecule has 0 unspecified atom stereocenters. The smallest absolute Gasteiger partial charge is 0.265 e. The van der Waals surface area contributed by atoms with Crippen LogP contribution in [0.2, 0.25) is 0 Å². The second kappa shape index (κ2) is 6.23. The second-order valence-corrected chi connectivity index (χ2v) is 6.24. The SMILES string of the molecule is CNCCn1cc(S(=O)(=O)Nc2cccc(F)c2C)cn1. The third-order valence-electron chi connectivity index (χ3n) is 3.02. The van der Waals surface area contributed by atoms with Crippen LogP contribution >= 0.6 is 0 Å². The summed E-state index contributed by atoms with van der Waals surface area (Å²) in [6.07, 6.45) is 2.71. The predicted molar refractivity (Wildman–Crippen MR) is 78.1 cm³/mol. The fraction of sp³-hybridized carbons (Fsp3) is 0.308. The highest BCUT2D eigenvalue weighted by Gasteiger charge is 2.18. The maximum atomic E-state index is 13.4. The van der Waals surface area contributed by atoms with Gasteiger partial charge in [-0.3, -0.25) is 9.40 Å². The molecule has 21 heavy (non-hydrogen) atoms. The number of halogens is 1. The summed E-state index contributed by atoms with van der Waals surface area (Å²) in [6.45, 7) is 2.76. The van der Waals surface area contributed by atoms with E-state index in [0.717, 1.165) is 0 Å². The molecule has 0 saturated heterocycles. The summed E-state index contributed by atoms with van der Waals surface area (Å²) in [7, 11) is -1.98. The second-order valence-electron chi connectivity index (χ2n) is 4.56. The van der Waals surface area contributed by atoms with E-state index in [1.807, 2.05) is 0 Å². The van der Waals surface area contributed by atoms with Gasteiger partial charge in [-0.1, -0.05) is 6.07 Å². The average molecular weight is 312 g/mol. The van der Waals surface area contributed by atoms with Crippen molar-refractivity contribution in [2.24, 2.45) is 0 Å². The highest BCUT2D eigenvalue weighted by atomic mass is 32.2. The molecule has 1 aromatic carbocycles. The van der Waals surface area contributed by atoms with Crippen LogP contribution in [-0.4, -0.2) is 31.8 Å². The summed E-state index contributed by atoms with van der Waals surface area (Å²) in [6, 6.07) is 4.25. The Labute approximate surface area is 123 Å². The van der Waals surface area contributed by atoms with Crippen LogP contribution in [0.25, 0.3) is 0 Å². The van der Waals surface area contributed by atoms with Gasteiger partial charge in [0, 0.05) is 18.3 Å². The van der Waals surface area contributed by atoms with E-state index >= 15 is 0 Å².